The van der Waals surface area contributed by atoms with Crippen LogP contribution in [0.1, 0.15) is 44.6 Å². The smallest absolute Gasteiger partial charge is 0.123 e. The number of hydrogen-bond donors (Lipinski definition) is 0. The van der Waals surface area contributed by atoms with Crippen molar-refractivity contribution in [1.82, 2.24) is 0 Å². The molecule has 0 unspecified atom stereocenters. The molecule has 2 rings (SSSR count). The van der Waals surface area contributed by atoms with Crippen LogP contribution in [0.2, 0.25) is 0 Å². The van der Waals surface area contributed by atoms with E-state index in [9.17, 15) is 4.39 Å². The van der Waals surface area contributed by atoms with Gasteiger partial charge in [0.15, 0.2) is 0 Å². The van der Waals surface area contributed by atoms with Gasteiger partial charge in [0.1, 0.15) is 5.82 Å². The maximum absolute atomic E-state index is 12.7. The van der Waals surface area contributed by atoms with Crippen LogP contribution < -0.4 is 0 Å². The Morgan fingerprint density at radius 1 is 1.16 bits per heavy atom. The average molecular weight is 256 g/mol. The first kappa shape index (κ1) is 13.9. The van der Waals surface area contributed by atoms with E-state index in [2.05, 4.69) is 24.8 Å². The van der Waals surface area contributed by atoms with Gasteiger partial charge in [0.25, 0.3) is 0 Å². The van der Waals surface area contributed by atoms with Crippen LogP contribution in [-0.4, -0.2) is 0 Å². The summed E-state index contributed by atoms with van der Waals surface area (Å²) in [5, 5.41) is 0. The molecular formula is C18H21F. The van der Waals surface area contributed by atoms with Gasteiger partial charge in [0, 0.05) is 5.56 Å². The number of hydrogen-bond acceptors (Lipinski definition) is 0. The number of rotatable bonds is 2. The second kappa shape index (κ2) is 7.14. The van der Waals surface area contributed by atoms with Crippen LogP contribution in [0.25, 0.3) is 0 Å². The molecule has 1 aromatic carbocycles. The highest BCUT2D eigenvalue weighted by Gasteiger charge is 2.17. The van der Waals surface area contributed by atoms with Gasteiger partial charge in [-0.1, -0.05) is 31.3 Å². The van der Waals surface area contributed by atoms with E-state index in [-0.39, 0.29) is 5.82 Å². The molecule has 0 spiro atoms. The van der Waals surface area contributed by atoms with Gasteiger partial charge in [0.2, 0.25) is 0 Å². The van der Waals surface area contributed by atoms with Crippen molar-refractivity contribution in [3.8, 4) is 11.8 Å². The van der Waals surface area contributed by atoms with Gasteiger partial charge in [-0.05, 0) is 67.9 Å². The lowest BCUT2D eigenvalue weighted by atomic mass is 9.81. The van der Waals surface area contributed by atoms with Crippen molar-refractivity contribution in [2.75, 3.05) is 0 Å². The van der Waals surface area contributed by atoms with Crippen LogP contribution in [0.3, 0.4) is 0 Å². The number of halogens is 1. The Bertz CT molecular complexity index is 465. The molecule has 19 heavy (non-hydrogen) atoms. The molecule has 0 atom stereocenters. The summed E-state index contributed by atoms with van der Waals surface area (Å²) < 4.78 is 12.7. The molecule has 1 aliphatic carbocycles. The van der Waals surface area contributed by atoms with Crippen LogP contribution >= 0.6 is 0 Å². The van der Waals surface area contributed by atoms with E-state index in [1.165, 1.54) is 44.2 Å². The Kier molecular flexibility index (Phi) is 5.21. The fourth-order valence-corrected chi connectivity index (χ4v) is 2.63. The molecule has 0 aromatic heterocycles. The SMILES string of the molecule is CC[C@H]1CC[C@H](C=CC#Cc2ccc(F)cc2)CC1. The summed E-state index contributed by atoms with van der Waals surface area (Å²) >= 11 is 0. The van der Waals surface area contributed by atoms with Crippen LogP contribution in [0, 0.1) is 29.5 Å². The Morgan fingerprint density at radius 3 is 2.47 bits per heavy atom. The Balaban J connectivity index is 1.82. The second-order valence-electron chi connectivity index (χ2n) is 5.32. The van der Waals surface area contributed by atoms with Crippen LogP contribution in [0.5, 0.6) is 0 Å². The second-order valence-corrected chi connectivity index (χ2v) is 5.32. The number of allylic oxidation sites excluding steroid dienone is 2. The van der Waals surface area contributed by atoms with Crippen LogP contribution in [-0.2, 0) is 0 Å². The third kappa shape index (κ3) is 4.56. The first-order valence-corrected chi connectivity index (χ1v) is 7.21. The molecule has 1 aliphatic rings. The summed E-state index contributed by atoms with van der Waals surface area (Å²) in [6.45, 7) is 2.29. The lowest BCUT2D eigenvalue weighted by molar-refractivity contribution is 0.304. The van der Waals surface area contributed by atoms with Gasteiger partial charge in [-0.25, -0.2) is 4.39 Å². The molecule has 0 saturated heterocycles. The van der Waals surface area contributed by atoms with E-state index >= 15 is 0 Å². The summed E-state index contributed by atoms with van der Waals surface area (Å²) in [4.78, 5) is 0. The van der Waals surface area contributed by atoms with Crippen molar-refractivity contribution >= 4 is 0 Å². The van der Waals surface area contributed by atoms with E-state index in [1.807, 2.05) is 6.08 Å². The maximum atomic E-state index is 12.7. The predicted molar refractivity (Wildman–Crippen MR) is 78.2 cm³/mol. The topological polar surface area (TPSA) is 0 Å². The van der Waals surface area contributed by atoms with Gasteiger partial charge in [-0.15, -0.1) is 0 Å². The Labute approximate surface area is 115 Å². The van der Waals surface area contributed by atoms with Gasteiger partial charge in [0.05, 0.1) is 0 Å². The van der Waals surface area contributed by atoms with Crippen molar-refractivity contribution in [3.63, 3.8) is 0 Å². The quantitative estimate of drug-likeness (QED) is 0.657. The maximum Gasteiger partial charge on any atom is 0.123 e. The highest BCUT2D eigenvalue weighted by Crippen LogP contribution is 2.31. The van der Waals surface area contributed by atoms with E-state index in [0.717, 1.165) is 11.5 Å². The zero-order valence-electron chi connectivity index (χ0n) is 11.5. The third-order valence-corrected chi connectivity index (χ3v) is 3.98. The predicted octanol–water partition coefficient (Wildman–Crippen LogP) is 4.95. The molecule has 0 amide bonds. The first-order valence-electron chi connectivity index (χ1n) is 7.21. The standard InChI is InChI=1S/C18H21F/c1-2-15-7-9-16(10-8-15)5-3-4-6-17-11-13-18(19)14-12-17/h3,5,11-16H,2,7-10H2,1H3/t15-,16-. The summed E-state index contributed by atoms with van der Waals surface area (Å²) in [5.41, 5.74) is 0.862. The minimum absolute atomic E-state index is 0.214. The average Bonchev–Trinajstić information content (AvgIpc) is 2.46. The molecule has 0 nitrogen and oxygen atoms in total. The monoisotopic (exact) mass is 256 g/mol. The summed E-state index contributed by atoms with van der Waals surface area (Å²) in [7, 11) is 0. The van der Waals surface area contributed by atoms with Crippen molar-refractivity contribution in [1.29, 1.82) is 0 Å². The van der Waals surface area contributed by atoms with Crippen LogP contribution in [0.4, 0.5) is 4.39 Å². The Hall–Kier alpha value is -1.55. The molecule has 1 heteroatoms. The van der Waals surface area contributed by atoms with Crippen molar-refractivity contribution in [2.45, 2.75) is 39.0 Å². The number of benzene rings is 1. The van der Waals surface area contributed by atoms with Gasteiger partial charge >= 0.3 is 0 Å². The molecular weight excluding hydrogens is 235 g/mol. The minimum Gasteiger partial charge on any atom is -0.207 e. The summed E-state index contributed by atoms with van der Waals surface area (Å²) in [6.07, 6.45) is 10.8. The highest BCUT2D eigenvalue weighted by molar-refractivity contribution is 5.36. The normalized spacial score (nSPS) is 23.1. The van der Waals surface area contributed by atoms with Crippen molar-refractivity contribution < 1.29 is 4.39 Å². The van der Waals surface area contributed by atoms with Gasteiger partial charge in [-0.3, -0.25) is 0 Å². The Morgan fingerprint density at radius 2 is 1.84 bits per heavy atom. The zero-order chi connectivity index (χ0) is 13.5. The van der Waals surface area contributed by atoms with Crippen LogP contribution in [0.15, 0.2) is 36.4 Å². The van der Waals surface area contributed by atoms with E-state index in [4.69, 9.17) is 0 Å². The summed E-state index contributed by atoms with van der Waals surface area (Å²) in [6, 6.07) is 6.31. The molecule has 1 fully saturated rings. The molecule has 0 radical (unpaired) electrons. The molecule has 1 saturated carbocycles. The largest absolute Gasteiger partial charge is 0.207 e. The molecule has 0 bridgehead atoms. The molecule has 0 aliphatic heterocycles. The molecule has 1 aromatic rings. The molecule has 0 heterocycles. The fraction of sp³-hybridized carbons (Fsp3) is 0.444. The zero-order valence-corrected chi connectivity index (χ0v) is 11.5. The van der Waals surface area contributed by atoms with E-state index < -0.39 is 0 Å². The molecule has 100 valence electrons. The summed E-state index contributed by atoms with van der Waals surface area (Å²) in [5.74, 6) is 7.49. The van der Waals surface area contributed by atoms with Crippen molar-refractivity contribution in [2.24, 2.45) is 11.8 Å². The third-order valence-electron chi connectivity index (χ3n) is 3.98. The van der Waals surface area contributed by atoms with E-state index in [0.29, 0.717) is 5.92 Å². The fourth-order valence-electron chi connectivity index (χ4n) is 2.63. The van der Waals surface area contributed by atoms with Gasteiger partial charge < -0.3 is 0 Å². The van der Waals surface area contributed by atoms with Gasteiger partial charge in [-0.2, -0.15) is 0 Å². The minimum atomic E-state index is -0.214. The van der Waals surface area contributed by atoms with E-state index in [1.54, 1.807) is 12.1 Å². The lowest BCUT2D eigenvalue weighted by Gasteiger charge is -2.25. The lowest BCUT2D eigenvalue weighted by Crippen LogP contribution is -2.11. The molecule has 0 N–H and O–H groups in total. The van der Waals surface area contributed by atoms with Crippen molar-refractivity contribution in [3.05, 3.63) is 47.8 Å². The highest BCUT2D eigenvalue weighted by atomic mass is 19.1. The first-order chi connectivity index (χ1) is 9.28.